The quantitative estimate of drug-likeness (QED) is 0.754. The molecular weight excluding hydrogens is 324 g/mol. The van der Waals surface area contributed by atoms with Crippen molar-refractivity contribution in [3.8, 4) is 6.07 Å². The highest BCUT2D eigenvalue weighted by atomic mass is 16.6. The van der Waals surface area contributed by atoms with E-state index in [9.17, 15) is 14.9 Å². The summed E-state index contributed by atoms with van der Waals surface area (Å²) in [4.78, 5) is 31.1. The molecule has 2 heterocycles. The predicted molar refractivity (Wildman–Crippen MR) is 90.1 cm³/mol. The third-order valence-electron chi connectivity index (χ3n) is 3.66. The van der Waals surface area contributed by atoms with E-state index < -0.39 is 23.7 Å². The lowest BCUT2D eigenvalue weighted by atomic mass is 10.1. The fraction of sp³-hybridized carbons (Fsp3) is 0.529. The van der Waals surface area contributed by atoms with Crippen LogP contribution >= 0.6 is 0 Å². The van der Waals surface area contributed by atoms with Gasteiger partial charge < -0.3 is 14.4 Å². The van der Waals surface area contributed by atoms with Crippen LogP contribution in [0.1, 0.15) is 31.3 Å². The highest BCUT2D eigenvalue weighted by Crippen LogP contribution is 2.20. The Balaban J connectivity index is 2.07. The number of rotatable bonds is 2. The average Bonchev–Trinajstić information content (AvgIpc) is 2.59. The predicted octanol–water partition coefficient (Wildman–Crippen LogP) is 1.82. The van der Waals surface area contributed by atoms with Crippen LogP contribution in [-0.4, -0.2) is 60.3 Å². The zero-order valence-corrected chi connectivity index (χ0v) is 14.9. The number of hydrogen-bond acceptors (Lipinski definition) is 7. The molecule has 1 saturated heterocycles. The number of piperazine rings is 1. The Morgan fingerprint density at radius 2 is 2.04 bits per heavy atom. The van der Waals surface area contributed by atoms with Crippen LogP contribution in [0.4, 0.5) is 10.5 Å². The summed E-state index contributed by atoms with van der Waals surface area (Å²) in [6.45, 7) is 6.61. The van der Waals surface area contributed by atoms with Crippen molar-refractivity contribution in [2.24, 2.45) is 0 Å². The summed E-state index contributed by atoms with van der Waals surface area (Å²) in [6, 6.07) is 4.85. The molecule has 1 atom stereocenters. The maximum absolute atomic E-state index is 12.2. The van der Waals surface area contributed by atoms with Crippen LogP contribution in [0.25, 0.3) is 0 Å². The van der Waals surface area contributed by atoms with Gasteiger partial charge in [0.05, 0.1) is 31.6 Å². The van der Waals surface area contributed by atoms with Gasteiger partial charge in [0.25, 0.3) is 0 Å². The van der Waals surface area contributed by atoms with Crippen LogP contribution in [0.3, 0.4) is 0 Å². The molecule has 1 unspecified atom stereocenters. The van der Waals surface area contributed by atoms with E-state index in [2.05, 4.69) is 15.8 Å². The topological polar surface area (TPSA) is 95.8 Å². The fourth-order valence-electron chi connectivity index (χ4n) is 2.47. The van der Waals surface area contributed by atoms with Crippen LogP contribution in [0, 0.1) is 11.3 Å². The molecule has 134 valence electrons. The maximum atomic E-state index is 12.2. The maximum Gasteiger partial charge on any atom is 0.411 e. The van der Waals surface area contributed by atoms with Crippen LogP contribution in [0.15, 0.2) is 18.3 Å². The molecule has 1 amide bonds. The Hall–Kier alpha value is -2.82. The summed E-state index contributed by atoms with van der Waals surface area (Å²) >= 11 is 0. The van der Waals surface area contributed by atoms with Gasteiger partial charge in [0.15, 0.2) is 0 Å². The van der Waals surface area contributed by atoms with E-state index in [4.69, 9.17) is 4.74 Å². The van der Waals surface area contributed by atoms with Crippen LogP contribution in [-0.2, 0) is 9.47 Å². The molecule has 8 nitrogen and oxygen atoms in total. The number of carbonyl (C=O) groups is 2. The molecule has 0 N–H and O–H groups in total. The second-order valence-electron chi connectivity index (χ2n) is 6.66. The van der Waals surface area contributed by atoms with Crippen molar-refractivity contribution in [1.82, 2.24) is 9.88 Å². The first-order valence-corrected chi connectivity index (χ1v) is 7.93. The molecule has 1 aromatic heterocycles. The van der Waals surface area contributed by atoms with Gasteiger partial charge in [-0.3, -0.25) is 4.90 Å². The monoisotopic (exact) mass is 346 g/mol. The van der Waals surface area contributed by atoms with E-state index in [1.54, 1.807) is 39.1 Å². The first kappa shape index (κ1) is 18.5. The Labute approximate surface area is 146 Å². The van der Waals surface area contributed by atoms with Crippen molar-refractivity contribution in [1.29, 1.82) is 5.26 Å². The third kappa shape index (κ3) is 4.59. The van der Waals surface area contributed by atoms with E-state index in [0.29, 0.717) is 19.6 Å². The molecule has 0 saturated carbocycles. The van der Waals surface area contributed by atoms with E-state index in [-0.39, 0.29) is 5.69 Å². The van der Waals surface area contributed by atoms with Gasteiger partial charge in [0.2, 0.25) is 0 Å². The number of anilines is 1. The number of methoxy groups -OCH3 is 1. The van der Waals surface area contributed by atoms with Crippen LogP contribution < -0.4 is 4.90 Å². The number of carbonyl (C=O) groups excluding carboxylic acids is 2. The molecule has 2 rings (SSSR count). The molecule has 1 aliphatic rings. The number of aromatic nitrogens is 1. The first-order valence-electron chi connectivity index (χ1n) is 7.93. The van der Waals surface area contributed by atoms with Crippen molar-refractivity contribution < 1.29 is 19.1 Å². The molecule has 0 aromatic carbocycles. The molecule has 1 fully saturated rings. The van der Waals surface area contributed by atoms with E-state index in [0.717, 1.165) is 5.69 Å². The Bertz CT molecular complexity index is 675. The second kappa shape index (κ2) is 7.38. The van der Waals surface area contributed by atoms with Gasteiger partial charge in [-0.2, -0.15) is 5.26 Å². The van der Waals surface area contributed by atoms with Gasteiger partial charge in [-0.25, -0.2) is 14.6 Å². The molecular formula is C17H22N4O4. The van der Waals surface area contributed by atoms with Crippen molar-refractivity contribution in [3.05, 3.63) is 24.0 Å². The van der Waals surface area contributed by atoms with Crippen molar-refractivity contribution in [3.63, 3.8) is 0 Å². The number of amides is 1. The minimum Gasteiger partial charge on any atom is -0.464 e. The second-order valence-corrected chi connectivity index (χ2v) is 6.66. The number of pyridine rings is 1. The SMILES string of the molecule is COC(=O)c1ccc(N2CCN(C(=O)OC(C)(C)C)C(C#N)C2)cn1. The highest BCUT2D eigenvalue weighted by Gasteiger charge is 2.33. The Kier molecular flexibility index (Phi) is 5.47. The first-order chi connectivity index (χ1) is 11.7. The summed E-state index contributed by atoms with van der Waals surface area (Å²) in [5.41, 5.74) is 0.384. The summed E-state index contributed by atoms with van der Waals surface area (Å²) < 4.78 is 9.98. The van der Waals surface area contributed by atoms with Crippen LogP contribution in [0.2, 0.25) is 0 Å². The standard InChI is InChI=1S/C17H22N4O4/c1-17(2,3)25-16(23)21-8-7-20(11-13(21)9-18)12-5-6-14(19-10-12)15(22)24-4/h5-6,10,13H,7-8,11H2,1-4H3. The number of hydrogen-bond donors (Lipinski definition) is 0. The number of nitrogens with zero attached hydrogens (tertiary/aromatic N) is 4. The number of ether oxygens (including phenoxy) is 2. The van der Waals surface area contributed by atoms with Gasteiger partial charge >= 0.3 is 12.1 Å². The van der Waals surface area contributed by atoms with Crippen molar-refractivity contribution >= 4 is 17.7 Å². The summed E-state index contributed by atoms with van der Waals surface area (Å²) in [6.07, 6.45) is 1.07. The number of nitriles is 1. The van der Waals surface area contributed by atoms with E-state index in [1.165, 1.54) is 12.0 Å². The van der Waals surface area contributed by atoms with E-state index in [1.807, 2.05) is 4.90 Å². The summed E-state index contributed by atoms with van der Waals surface area (Å²) in [5.74, 6) is -0.504. The molecule has 0 aliphatic carbocycles. The Morgan fingerprint density at radius 3 is 2.56 bits per heavy atom. The molecule has 1 aromatic rings. The zero-order chi connectivity index (χ0) is 18.6. The van der Waals surface area contributed by atoms with Gasteiger partial charge in [-0.15, -0.1) is 0 Å². The minimum atomic E-state index is -0.621. The van der Waals surface area contributed by atoms with Gasteiger partial charge in [0.1, 0.15) is 17.3 Å². The third-order valence-corrected chi connectivity index (χ3v) is 3.66. The van der Waals surface area contributed by atoms with Gasteiger partial charge in [-0.05, 0) is 32.9 Å². The smallest absolute Gasteiger partial charge is 0.411 e. The van der Waals surface area contributed by atoms with Gasteiger partial charge in [-0.1, -0.05) is 0 Å². The highest BCUT2D eigenvalue weighted by molar-refractivity contribution is 5.87. The molecule has 0 bridgehead atoms. The fourth-order valence-corrected chi connectivity index (χ4v) is 2.47. The molecule has 0 spiro atoms. The lowest BCUT2D eigenvalue weighted by molar-refractivity contribution is 0.0189. The normalized spacial score (nSPS) is 17.6. The number of esters is 1. The van der Waals surface area contributed by atoms with Crippen LogP contribution in [0.5, 0.6) is 0 Å². The van der Waals surface area contributed by atoms with E-state index >= 15 is 0 Å². The Morgan fingerprint density at radius 1 is 1.32 bits per heavy atom. The summed E-state index contributed by atoms with van der Waals surface area (Å²) in [7, 11) is 1.30. The molecule has 25 heavy (non-hydrogen) atoms. The zero-order valence-electron chi connectivity index (χ0n) is 14.9. The lowest BCUT2D eigenvalue weighted by Crippen LogP contribution is -2.55. The average molecular weight is 346 g/mol. The molecule has 8 heteroatoms. The molecule has 1 aliphatic heterocycles. The van der Waals surface area contributed by atoms with Gasteiger partial charge in [0, 0.05) is 13.1 Å². The molecule has 0 radical (unpaired) electrons. The van der Waals surface area contributed by atoms with Crippen molar-refractivity contribution in [2.45, 2.75) is 32.4 Å². The minimum absolute atomic E-state index is 0.218. The summed E-state index contributed by atoms with van der Waals surface area (Å²) in [5, 5.41) is 9.42. The van der Waals surface area contributed by atoms with Crippen molar-refractivity contribution in [2.75, 3.05) is 31.6 Å². The largest absolute Gasteiger partial charge is 0.464 e. The lowest BCUT2D eigenvalue weighted by Gasteiger charge is -2.39.